The van der Waals surface area contributed by atoms with E-state index >= 15 is 0 Å². The number of nitrogens with zero attached hydrogens (tertiary/aromatic N) is 1. The molecule has 2 rings (SSSR count). The summed E-state index contributed by atoms with van der Waals surface area (Å²) in [6.07, 6.45) is 5.27. The lowest BCUT2D eigenvalue weighted by Gasteiger charge is -2.24. The topological polar surface area (TPSA) is 15.3 Å². The number of hydrogen-bond acceptors (Lipinski definition) is 2. The number of aryl methyl sites for hydroxylation is 1. The number of nitrogens with one attached hydrogen (secondary N) is 1. The molecule has 0 aromatic heterocycles. The Morgan fingerprint density at radius 1 is 1.26 bits per heavy atom. The Morgan fingerprint density at radius 3 is 2.47 bits per heavy atom. The molecule has 0 bridgehead atoms. The van der Waals surface area contributed by atoms with Crippen molar-refractivity contribution in [2.24, 2.45) is 5.92 Å². The summed E-state index contributed by atoms with van der Waals surface area (Å²) in [6.45, 7) is 4.59. The fourth-order valence-corrected chi connectivity index (χ4v) is 2.70. The summed E-state index contributed by atoms with van der Waals surface area (Å²) in [5, 5.41) is 3.45. The van der Waals surface area contributed by atoms with Gasteiger partial charge in [0.25, 0.3) is 0 Å². The highest BCUT2D eigenvalue weighted by molar-refractivity contribution is 5.25. The maximum absolute atomic E-state index is 3.45. The van der Waals surface area contributed by atoms with E-state index in [9.17, 15) is 0 Å². The predicted molar refractivity (Wildman–Crippen MR) is 82.5 cm³/mol. The van der Waals surface area contributed by atoms with Gasteiger partial charge < -0.3 is 10.2 Å². The van der Waals surface area contributed by atoms with Crippen molar-refractivity contribution in [1.29, 1.82) is 0 Å². The number of likely N-dealkylation sites (N-methyl/N-ethyl adjacent to an activating group) is 2. The summed E-state index contributed by atoms with van der Waals surface area (Å²) >= 11 is 0. The fourth-order valence-electron chi connectivity index (χ4n) is 2.70. The Kier molecular flexibility index (Phi) is 5.41. The number of hydrogen-bond donors (Lipinski definition) is 1. The van der Waals surface area contributed by atoms with Gasteiger partial charge in [0.1, 0.15) is 0 Å². The van der Waals surface area contributed by atoms with E-state index in [0.717, 1.165) is 12.5 Å². The molecule has 1 N–H and O–H groups in total. The van der Waals surface area contributed by atoms with Gasteiger partial charge in [-0.1, -0.05) is 37.6 Å². The molecule has 1 aliphatic rings. The standard InChI is InChI=1S/C17H28N2/c1-4-5-14-8-10-16(11-9-14)17(18-2)13-19(3)12-15-6-7-15/h8-11,15,17-18H,4-7,12-13H2,1-3H3. The number of benzene rings is 1. The molecule has 1 saturated carbocycles. The van der Waals surface area contributed by atoms with Gasteiger partial charge in [-0.3, -0.25) is 0 Å². The molecule has 0 saturated heterocycles. The zero-order chi connectivity index (χ0) is 13.7. The van der Waals surface area contributed by atoms with Crippen molar-refractivity contribution in [3.63, 3.8) is 0 Å². The van der Waals surface area contributed by atoms with Gasteiger partial charge in [-0.2, -0.15) is 0 Å². The van der Waals surface area contributed by atoms with Crippen LogP contribution in [0.2, 0.25) is 0 Å². The molecule has 0 heterocycles. The molecular formula is C17H28N2. The summed E-state index contributed by atoms with van der Waals surface area (Å²) in [7, 11) is 4.31. The molecule has 19 heavy (non-hydrogen) atoms. The Morgan fingerprint density at radius 2 is 1.95 bits per heavy atom. The lowest BCUT2D eigenvalue weighted by Crippen LogP contribution is -2.32. The molecule has 2 nitrogen and oxygen atoms in total. The van der Waals surface area contributed by atoms with Crippen LogP contribution in [0.15, 0.2) is 24.3 Å². The van der Waals surface area contributed by atoms with E-state index in [0.29, 0.717) is 6.04 Å². The van der Waals surface area contributed by atoms with Gasteiger partial charge in [-0.15, -0.1) is 0 Å². The van der Waals surface area contributed by atoms with Crippen molar-refractivity contribution in [2.75, 3.05) is 27.2 Å². The van der Waals surface area contributed by atoms with E-state index in [1.54, 1.807) is 0 Å². The van der Waals surface area contributed by atoms with E-state index in [1.165, 1.54) is 43.4 Å². The molecular weight excluding hydrogens is 232 g/mol. The molecule has 0 radical (unpaired) electrons. The third-order valence-corrected chi connectivity index (χ3v) is 4.03. The van der Waals surface area contributed by atoms with Gasteiger partial charge in [0.2, 0.25) is 0 Å². The lowest BCUT2D eigenvalue weighted by atomic mass is 10.0. The first kappa shape index (κ1) is 14.5. The van der Waals surface area contributed by atoms with E-state index in [2.05, 4.69) is 55.5 Å². The molecule has 1 aromatic rings. The minimum atomic E-state index is 0.444. The van der Waals surface area contributed by atoms with Crippen LogP contribution < -0.4 is 5.32 Å². The van der Waals surface area contributed by atoms with Crippen LogP contribution in [0.1, 0.15) is 43.4 Å². The van der Waals surface area contributed by atoms with Crippen LogP contribution in [0.5, 0.6) is 0 Å². The number of rotatable bonds is 8. The molecule has 1 aromatic carbocycles. The zero-order valence-corrected chi connectivity index (χ0v) is 12.7. The van der Waals surface area contributed by atoms with Crippen LogP contribution in [-0.2, 0) is 6.42 Å². The molecule has 0 amide bonds. The van der Waals surface area contributed by atoms with Gasteiger partial charge in [0.05, 0.1) is 0 Å². The molecule has 0 spiro atoms. The van der Waals surface area contributed by atoms with Crippen molar-refractivity contribution in [3.8, 4) is 0 Å². The summed E-state index contributed by atoms with van der Waals surface area (Å²) in [5.41, 5.74) is 2.86. The highest BCUT2D eigenvalue weighted by atomic mass is 15.1. The summed E-state index contributed by atoms with van der Waals surface area (Å²) in [4.78, 5) is 2.47. The fraction of sp³-hybridized carbons (Fsp3) is 0.647. The normalized spacial score (nSPS) is 16.8. The Labute approximate surface area is 118 Å². The van der Waals surface area contributed by atoms with E-state index in [1.807, 2.05) is 0 Å². The Bertz CT molecular complexity index is 367. The smallest absolute Gasteiger partial charge is 0.0446 e. The predicted octanol–water partition coefficient (Wildman–Crippen LogP) is 3.24. The average molecular weight is 260 g/mol. The molecule has 106 valence electrons. The van der Waals surface area contributed by atoms with Crippen molar-refractivity contribution in [3.05, 3.63) is 35.4 Å². The van der Waals surface area contributed by atoms with Crippen molar-refractivity contribution >= 4 is 0 Å². The minimum absolute atomic E-state index is 0.444. The summed E-state index contributed by atoms with van der Waals surface area (Å²) in [6, 6.07) is 9.59. The van der Waals surface area contributed by atoms with Crippen LogP contribution in [0.3, 0.4) is 0 Å². The van der Waals surface area contributed by atoms with Gasteiger partial charge in [0, 0.05) is 19.1 Å². The zero-order valence-electron chi connectivity index (χ0n) is 12.7. The first-order valence-electron chi connectivity index (χ1n) is 7.67. The quantitative estimate of drug-likeness (QED) is 0.772. The second kappa shape index (κ2) is 7.06. The maximum Gasteiger partial charge on any atom is 0.0446 e. The van der Waals surface area contributed by atoms with Crippen LogP contribution in [-0.4, -0.2) is 32.1 Å². The van der Waals surface area contributed by atoms with Gasteiger partial charge in [-0.25, -0.2) is 0 Å². The molecule has 1 aliphatic carbocycles. The summed E-state index contributed by atoms with van der Waals surface area (Å²) < 4.78 is 0. The summed E-state index contributed by atoms with van der Waals surface area (Å²) in [5.74, 6) is 0.967. The third-order valence-electron chi connectivity index (χ3n) is 4.03. The molecule has 0 aliphatic heterocycles. The molecule has 2 heteroatoms. The van der Waals surface area contributed by atoms with Crippen LogP contribution in [0.25, 0.3) is 0 Å². The van der Waals surface area contributed by atoms with E-state index in [-0.39, 0.29) is 0 Å². The van der Waals surface area contributed by atoms with Crippen LogP contribution in [0, 0.1) is 5.92 Å². The minimum Gasteiger partial charge on any atom is -0.312 e. The van der Waals surface area contributed by atoms with Crippen LogP contribution in [0.4, 0.5) is 0 Å². The SMILES string of the molecule is CCCc1ccc(C(CN(C)CC2CC2)NC)cc1. The van der Waals surface area contributed by atoms with Crippen molar-refractivity contribution in [2.45, 2.75) is 38.6 Å². The maximum atomic E-state index is 3.45. The molecule has 1 atom stereocenters. The second-order valence-corrected chi connectivity index (χ2v) is 6.00. The van der Waals surface area contributed by atoms with Crippen molar-refractivity contribution < 1.29 is 0 Å². The largest absolute Gasteiger partial charge is 0.312 e. The van der Waals surface area contributed by atoms with Crippen molar-refractivity contribution in [1.82, 2.24) is 10.2 Å². The van der Waals surface area contributed by atoms with E-state index < -0.39 is 0 Å². The monoisotopic (exact) mass is 260 g/mol. The van der Waals surface area contributed by atoms with Gasteiger partial charge >= 0.3 is 0 Å². The second-order valence-electron chi connectivity index (χ2n) is 6.00. The highest BCUT2D eigenvalue weighted by Crippen LogP contribution is 2.29. The van der Waals surface area contributed by atoms with Gasteiger partial charge in [-0.05, 0) is 50.4 Å². The van der Waals surface area contributed by atoms with Gasteiger partial charge in [0.15, 0.2) is 0 Å². The lowest BCUT2D eigenvalue weighted by molar-refractivity contribution is 0.286. The molecule has 1 fully saturated rings. The Balaban J connectivity index is 1.91. The van der Waals surface area contributed by atoms with E-state index in [4.69, 9.17) is 0 Å². The third kappa shape index (κ3) is 4.63. The highest BCUT2D eigenvalue weighted by Gasteiger charge is 2.23. The average Bonchev–Trinajstić information content (AvgIpc) is 3.21. The Hall–Kier alpha value is -0.860. The first-order valence-corrected chi connectivity index (χ1v) is 7.67. The molecule has 1 unspecified atom stereocenters. The first-order chi connectivity index (χ1) is 9.22. The van der Waals surface area contributed by atoms with Crippen LogP contribution >= 0.6 is 0 Å².